The van der Waals surface area contributed by atoms with Gasteiger partial charge in [0, 0.05) is 12.8 Å². The summed E-state index contributed by atoms with van der Waals surface area (Å²) in [5.41, 5.74) is -0.605. The molecule has 0 aromatic carbocycles. The normalized spacial score (nSPS) is 20.0. The maximum atomic E-state index is 12.3. The summed E-state index contributed by atoms with van der Waals surface area (Å²) in [6.45, 7) is 5.88. The second kappa shape index (κ2) is 5.86. The van der Waals surface area contributed by atoms with Crippen LogP contribution in [0.5, 0.6) is 0 Å². The smallest absolute Gasteiger partial charge is 0.410 e. The van der Waals surface area contributed by atoms with Gasteiger partial charge in [0.15, 0.2) is 0 Å². The summed E-state index contributed by atoms with van der Waals surface area (Å²) in [5, 5.41) is 6.90. The molecule has 0 aliphatic carbocycles. The predicted molar refractivity (Wildman–Crippen MR) is 76.9 cm³/mol. The Morgan fingerprint density at radius 3 is 2.55 bits per heavy atom. The average Bonchev–Trinajstić information content (AvgIpc) is 2.86. The number of sulfone groups is 1. The van der Waals surface area contributed by atoms with Crippen LogP contribution in [0.25, 0.3) is 0 Å². The zero-order valence-corrected chi connectivity index (χ0v) is 14.0. The molecule has 1 unspecified atom stereocenters. The lowest BCUT2D eigenvalue weighted by Gasteiger charge is -2.34. The van der Waals surface area contributed by atoms with Gasteiger partial charge in [-0.05, 0) is 40.0 Å². The molecule has 8 nitrogen and oxygen atoms in total. The van der Waals surface area contributed by atoms with Crippen molar-refractivity contribution in [2.45, 2.75) is 56.9 Å². The zero-order chi connectivity index (χ0) is 16.5. The van der Waals surface area contributed by atoms with E-state index in [0.29, 0.717) is 13.0 Å². The Bertz CT molecular complexity index is 647. The largest absolute Gasteiger partial charge is 0.444 e. The molecule has 1 aliphatic rings. The third-order valence-electron chi connectivity index (χ3n) is 3.16. The molecule has 9 heteroatoms. The summed E-state index contributed by atoms with van der Waals surface area (Å²) in [6, 6.07) is -0.452. The molecule has 1 aromatic heterocycles. The van der Waals surface area contributed by atoms with Gasteiger partial charge in [0.2, 0.25) is 15.7 Å². The highest BCUT2D eigenvalue weighted by Crippen LogP contribution is 2.31. The monoisotopic (exact) mass is 331 g/mol. The van der Waals surface area contributed by atoms with E-state index in [1.807, 2.05) is 0 Å². The molecule has 2 heterocycles. The Kier molecular flexibility index (Phi) is 4.46. The molecule has 1 saturated heterocycles. The van der Waals surface area contributed by atoms with Crippen molar-refractivity contribution >= 4 is 15.9 Å². The van der Waals surface area contributed by atoms with Crippen LogP contribution < -0.4 is 0 Å². The van der Waals surface area contributed by atoms with Crippen molar-refractivity contribution in [1.29, 1.82) is 0 Å². The van der Waals surface area contributed by atoms with E-state index in [-0.39, 0.29) is 5.89 Å². The molecular weight excluding hydrogens is 310 g/mol. The number of aromatic nitrogens is 2. The minimum absolute atomic E-state index is 0.131. The van der Waals surface area contributed by atoms with Gasteiger partial charge >= 0.3 is 11.3 Å². The highest BCUT2D eigenvalue weighted by molar-refractivity contribution is 7.90. The first-order chi connectivity index (χ1) is 10.1. The molecule has 1 fully saturated rings. The molecule has 22 heavy (non-hydrogen) atoms. The highest BCUT2D eigenvalue weighted by Gasteiger charge is 2.35. The van der Waals surface area contributed by atoms with Crippen molar-refractivity contribution in [3.63, 3.8) is 0 Å². The highest BCUT2D eigenvalue weighted by atomic mass is 32.2. The quantitative estimate of drug-likeness (QED) is 0.815. The van der Waals surface area contributed by atoms with Gasteiger partial charge in [-0.2, -0.15) is 0 Å². The minimum atomic E-state index is -3.56. The van der Waals surface area contributed by atoms with Crippen molar-refractivity contribution in [1.82, 2.24) is 15.1 Å². The Hall–Kier alpha value is -1.64. The van der Waals surface area contributed by atoms with E-state index in [9.17, 15) is 13.2 Å². The van der Waals surface area contributed by atoms with Crippen molar-refractivity contribution in [3.05, 3.63) is 5.89 Å². The lowest BCUT2D eigenvalue weighted by atomic mass is 10.0. The second-order valence-electron chi connectivity index (χ2n) is 6.36. The number of carbonyl (C=O) groups is 1. The van der Waals surface area contributed by atoms with Gasteiger partial charge in [-0.25, -0.2) is 13.2 Å². The van der Waals surface area contributed by atoms with Crippen LogP contribution in [0.2, 0.25) is 0 Å². The Morgan fingerprint density at radius 2 is 2.00 bits per heavy atom. The Labute approximate surface area is 129 Å². The summed E-state index contributed by atoms with van der Waals surface area (Å²) < 4.78 is 33.5. The van der Waals surface area contributed by atoms with Crippen LogP contribution in [0.3, 0.4) is 0 Å². The number of hydrogen-bond acceptors (Lipinski definition) is 7. The van der Waals surface area contributed by atoms with Crippen LogP contribution in [0.1, 0.15) is 52.0 Å². The van der Waals surface area contributed by atoms with Crippen LogP contribution >= 0.6 is 0 Å². The van der Waals surface area contributed by atoms with Gasteiger partial charge in [-0.15, -0.1) is 5.10 Å². The van der Waals surface area contributed by atoms with Gasteiger partial charge in [-0.1, -0.05) is 5.10 Å². The molecule has 0 bridgehead atoms. The number of likely N-dealkylation sites (tertiary alicyclic amines) is 1. The van der Waals surface area contributed by atoms with Gasteiger partial charge in [-0.3, -0.25) is 4.90 Å². The molecule has 2 rings (SSSR count). The topological polar surface area (TPSA) is 103 Å². The van der Waals surface area contributed by atoms with Crippen LogP contribution in [0.4, 0.5) is 4.79 Å². The number of carbonyl (C=O) groups excluding carboxylic acids is 1. The summed E-state index contributed by atoms with van der Waals surface area (Å²) in [6.07, 6.45) is 2.90. The van der Waals surface area contributed by atoms with E-state index in [4.69, 9.17) is 9.15 Å². The fraction of sp³-hybridized carbons (Fsp3) is 0.769. The minimum Gasteiger partial charge on any atom is -0.444 e. The number of amides is 1. The second-order valence-corrected chi connectivity index (χ2v) is 8.26. The van der Waals surface area contributed by atoms with E-state index >= 15 is 0 Å². The summed E-state index contributed by atoms with van der Waals surface area (Å²) in [4.78, 5) is 13.8. The molecule has 1 aromatic rings. The van der Waals surface area contributed by atoms with E-state index in [1.165, 1.54) is 4.90 Å². The molecular formula is C13H21N3O5S. The maximum absolute atomic E-state index is 12.3. The number of hydrogen-bond donors (Lipinski definition) is 0. The van der Waals surface area contributed by atoms with Gasteiger partial charge in [0.25, 0.3) is 0 Å². The van der Waals surface area contributed by atoms with Crippen molar-refractivity contribution in [2.75, 3.05) is 12.8 Å². The molecule has 124 valence electrons. The lowest BCUT2D eigenvalue weighted by Crippen LogP contribution is -2.42. The van der Waals surface area contributed by atoms with Gasteiger partial charge in [0.1, 0.15) is 11.6 Å². The fourth-order valence-electron chi connectivity index (χ4n) is 2.23. The van der Waals surface area contributed by atoms with Crippen molar-refractivity contribution in [3.8, 4) is 0 Å². The molecule has 0 N–H and O–H groups in total. The van der Waals surface area contributed by atoms with E-state index in [2.05, 4.69) is 10.2 Å². The van der Waals surface area contributed by atoms with Crippen LogP contribution in [0.15, 0.2) is 9.64 Å². The predicted octanol–water partition coefficient (Wildman–Crippen LogP) is 1.94. The average molecular weight is 331 g/mol. The summed E-state index contributed by atoms with van der Waals surface area (Å²) >= 11 is 0. The van der Waals surface area contributed by atoms with Crippen LogP contribution in [-0.4, -0.2) is 48.0 Å². The number of piperidine rings is 1. The number of ether oxygens (including phenoxy) is 1. The summed E-state index contributed by atoms with van der Waals surface area (Å²) in [5.74, 6) is 0.131. The van der Waals surface area contributed by atoms with Crippen LogP contribution in [-0.2, 0) is 14.6 Å². The van der Waals surface area contributed by atoms with E-state index in [0.717, 1.165) is 19.1 Å². The molecule has 1 amide bonds. The summed E-state index contributed by atoms with van der Waals surface area (Å²) in [7, 11) is -3.56. The molecule has 0 spiro atoms. The fourth-order valence-corrected chi connectivity index (χ4v) is 2.66. The lowest BCUT2D eigenvalue weighted by molar-refractivity contribution is 0.00568. The maximum Gasteiger partial charge on any atom is 0.410 e. The first-order valence-corrected chi connectivity index (χ1v) is 9.00. The van der Waals surface area contributed by atoms with E-state index in [1.54, 1.807) is 20.8 Å². The first-order valence-electron chi connectivity index (χ1n) is 7.11. The Balaban J connectivity index is 2.23. The van der Waals surface area contributed by atoms with Gasteiger partial charge in [0.05, 0.1) is 0 Å². The number of rotatable bonds is 2. The standard InChI is InChI=1S/C13H21N3O5S/c1-13(2,3)21-12(17)16-8-6-5-7-9(16)10-14-15-11(20-10)22(4,18)19/h9H,5-8H2,1-4H3. The molecule has 1 atom stereocenters. The zero-order valence-electron chi connectivity index (χ0n) is 13.2. The van der Waals surface area contributed by atoms with Crippen molar-refractivity contribution in [2.24, 2.45) is 0 Å². The Morgan fingerprint density at radius 1 is 1.32 bits per heavy atom. The third kappa shape index (κ3) is 3.96. The van der Waals surface area contributed by atoms with Crippen molar-refractivity contribution < 1.29 is 22.4 Å². The van der Waals surface area contributed by atoms with Crippen LogP contribution in [0, 0.1) is 0 Å². The SMILES string of the molecule is CC(C)(C)OC(=O)N1CCCCC1c1nnc(S(C)(=O)=O)o1. The third-order valence-corrected chi connectivity index (χ3v) is 3.95. The first kappa shape index (κ1) is 16.7. The molecule has 1 aliphatic heterocycles. The van der Waals surface area contributed by atoms with Gasteiger partial charge < -0.3 is 9.15 Å². The molecule has 0 saturated carbocycles. The molecule has 0 radical (unpaired) electrons. The number of nitrogens with zero attached hydrogens (tertiary/aromatic N) is 3. The van der Waals surface area contributed by atoms with E-state index < -0.39 is 32.8 Å².